The predicted octanol–water partition coefficient (Wildman–Crippen LogP) is 6.07. The average Bonchev–Trinajstić information content (AvgIpc) is 3.33. The summed E-state index contributed by atoms with van der Waals surface area (Å²) >= 11 is 0. The second-order valence-corrected chi connectivity index (χ2v) is 12.3. The van der Waals surface area contributed by atoms with Gasteiger partial charge in [-0.2, -0.15) is 0 Å². The van der Waals surface area contributed by atoms with Crippen molar-refractivity contribution in [1.82, 2.24) is 0 Å². The third kappa shape index (κ3) is 7.94. The Labute approximate surface area is 220 Å². The van der Waals surface area contributed by atoms with E-state index >= 15 is 0 Å². The van der Waals surface area contributed by atoms with Crippen molar-refractivity contribution in [3.63, 3.8) is 0 Å². The third-order valence-corrected chi connectivity index (χ3v) is 7.78. The molecule has 11 heteroatoms. The van der Waals surface area contributed by atoms with Gasteiger partial charge in [0.05, 0.1) is 16.1 Å². The predicted molar refractivity (Wildman–Crippen MR) is 144 cm³/mol. The maximum atomic E-state index is 12.5. The van der Waals surface area contributed by atoms with Crippen molar-refractivity contribution in [1.29, 1.82) is 0 Å². The highest BCUT2D eigenvalue weighted by Gasteiger charge is 2.21. The zero-order valence-electron chi connectivity index (χ0n) is 20.0. The number of anilines is 2. The van der Waals surface area contributed by atoms with Crippen LogP contribution in [0.2, 0.25) is 0 Å². The maximum absolute atomic E-state index is 12.5. The molecule has 3 aromatic carbocycles. The van der Waals surface area contributed by atoms with Crippen molar-refractivity contribution < 1.29 is 26.0 Å². The fourth-order valence-electron chi connectivity index (χ4n) is 3.09. The number of rotatable bonds is 7. The van der Waals surface area contributed by atoms with Crippen molar-refractivity contribution in [2.24, 2.45) is 0 Å². The average molecular weight is 561 g/mol. The van der Waals surface area contributed by atoms with E-state index in [2.05, 4.69) is 23.9 Å². The standard InChI is InChI=1S/C20H20N2O4S.C6H5ClO2S/c1-14(2)15-8-10-16(11-9-15)21-20(23)19-18(12-13-26-19)22-27(24,25)17-6-4-3-5-7-17;7-10(8,9)6-4-2-1-3-5-6/h3-14,22H,1-2H3,(H,21,23);1-5H. The van der Waals surface area contributed by atoms with Crippen molar-refractivity contribution in [2.45, 2.75) is 29.6 Å². The van der Waals surface area contributed by atoms with E-state index in [1.807, 2.05) is 12.1 Å². The molecule has 1 aromatic heterocycles. The molecule has 0 spiro atoms. The van der Waals surface area contributed by atoms with Crippen LogP contribution in [0.1, 0.15) is 35.9 Å². The van der Waals surface area contributed by atoms with Gasteiger partial charge in [-0.25, -0.2) is 16.8 Å². The number of hydrogen-bond donors (Lipinski definition) is 2. The molecule has 0 radical (unpaired) electrons. The second kappa shape index (κ2) is 12.1. The molecule has 4 aromatic rings. The number of sulfonamides is 1. The number of halogens is 1. The number of carbonyl (C=O) groups excluding carboxylic acids is 1. The highest BCUT2D eigenvalue weighted by atomic mass is 35.7. The first-order valence-corrected chi connectivity index (χ1v) is 14.8. The van der Waals surface area contributed by atoms with Crippen LogP contribution in [0.4, 0.5) is 11.4 Å². The fraction of sp³-hybridized carbons (Fsp3) is 0.115. The normalized spacial score (nSPS) is 11.4. The van der Waals surface area contributed by atoms with Gasteiger partial charge in [-0.15, -0.1) is 0 Å². The van der Waals surface area contributed by atoms with Crippen LogP contribution in [0.25, 0.3) is 0 Å². The van der Waals surface area contributed by atoms with Crippen LogP contribution in [0.5, 0.6) is 0 Å². The summed E-state index contributed by atoms with van der Waals surface area (Å²) in [6.07, 6.45) is 1.26. The fourth-order valence-corrected chi connectivity index (χ4v) is 4.97. The van der Waals surface area contributed by atoms with E-state index in [-0.39, 0.29) is 21.2 Å². The lowest BCUT2D eigenvalue weighted by atomic mass is 10.0. The number of benzene rings is 3. The summed E-state index contributed by atoms with van der Waals surface area (Å²) in [5.41, 5.74) is 1.83. The molecular formula is C26H25ClN2O6S2. The molecule has 0 bridgehead atoms. The molecule has 0 saturated heterocycles. The molecule has 0 atom stereocenters. The molecule has 0 aliphatic carbocycles. The number of amides is 1. The highest BCUT2D eigenvalue weighted by molar-refractivity contribution is 8.13. The van der Waals surface area contributed by atoms with Crippen LogP contribution < -0.4 is 10.0 Å². The zero-order valence-corrected chi connectivity index (χ0v) is 22.3. The van der Waals surface area contributed by atoms with Gasteiger partial charge in [0.2, 0.25) is 5.76 Å². The summed E-state index contributed by atoms with van der Waals surface area (Å²) < 4.78 is 53.7. The smallest absolute Gasteiger partial charge is 0.293 e. The van der Waals surface area contributed by atoms with Gasteiger partial charge in [0, 0.05) is 22.4 Å². The molecule has 0 aliphatic rings. The van der Waals surface area contributed by atoms with Gasteiger partial charge in [0.1, 0.15) is 5.69 Å². The first-order chi connectivity index (χ1) is 17.5. The van der Waals surface area contributed by atoms with Crippen molar-refractivity contribution in [3.05, 3.63) is 109 Å². The maximum Gasteiger partial charge on any atom is 0.293 e. The van der Waals surface area contributed by atoms with Crippen molar-refractivity contribution >= 4 is 47.0 Å². The molecular weight excluding hydrogens is 536 g/mol. The topological polar surface area (TPSA) is 123 Å². The van der Waals surface area contributed by atoms with E-state index in [0.717, 1.165) is 5.56 Å². The summed E-state index contributed by atoms with van der Waals surface area (Å²) in [6, 6.07) is 24.6. The van der Waals surface area contributed by atoms with Crippen LogP contribution >= 0.6 is 10.7 Å². The molecule has 2 N–H and O–H groups in total. The number of hydrogen-bond acceptors (Lipinski definition) is 6. The summed E-state index contributed by atoms with van der Waals surface area (Å²) in [5.74, 6) is -0.260. The Kier molecular flexibility index (Phi) is 9.14. The minimum Gasteiger partial charge on any atom is -0.457 e. The Morgan fingerprint density at radius 2 is 1.32 bits per heavy atom. The Hall–Kier alpha value is -3.60. The third-order valence-electron chi connectivity index (χ3n) is 5.03. The number of carbonyl (C=O) groups is 1. The van der Waals surface area contributed by atoms with Crippen LogP contribution in [0.15, 0.2) is 111 Å². The largest absolute Gasteiger partial charge is 0.457 e. The first kappa shape index (κ1) is 28.0. The molecule has 0 aliphatic heterocycles. The molecule has 194 valence electrons. The van der Waals surface area contributed by atoms with Gasteiger partial charge in [-0.3, -0.25) is 9.52 Å². The van der Waals surface area contributed by atoms with E-state index in [1.54, 1.807) is 48.5 Å². The monoisotopic (exact) mass is 560 g/mol. The summed E-state index contributed by atoms with van der Waals surface area (Å²) in [4.78, 5) is 12.7. The van der Waals surface area contributed by atoms with Gasteiger partial charge in [0.15, 0.2) is 0 Å². The van der Waals surface area contributed by atoms with E-state index in [9.17, 15) is 21.6 Å². The zero-order chi connectivity index (χ0) is 27.1. The summed E-state index contributed by atoms with van der Waals surface area (Å²) in [7, 11) is -2.32. The molecule has 1 amide bonds. The van der Waals surface area contributed by atoms with Gasteiger partial charge in [-0.05, 0) is 47.9 Å². The Balaban J connectivity index is 0.000000319. The number of furan rings is 1. The van der Waals surface area contributed by atoms with Crippen LogP contribution in [0, 0.1) is 0 Å². The number of nitrogens with one attached hydrogen (secondary N) is 2. The van der Waals surface area contributed by atoms with Crippen molar-refractivity contribution in [3.8, 4) is 0 Å². The Morgan fingerprint density at radius 1 is 0.784 bits per heavy atom. The molecule has 8 nitrogen and oxygen atoms in total. The SMILES string of the molecule is CC(C)c1ccc(NC(=O)c2occc2NS(=O)(=O)c2ccccc2)cc1.O=S(=O)(Cl)c1ccccc1. The molecule has 0 unspecified atom stereocenters. The van der Waals surface area contributed by atoms with E-state index in [4.69, 9.17) is 15.1 Å². The Morgan fingerprint density at radius 3 is 1.81 bits per heavy atom. The molecule has 1 heterocycles. The van der Waals surface area contributed by atoms with E-state index in [0.29, 0.717) is 11.6 Å². The highest BCUT2D eigenvalue weighted by Crippen LogP contribution is 2.23. The van der Waals surface area contributed by atoms with Crippen LogP contribution in [-0.4, -0.2) is 22.7 Å². The van der Waals surface area contributed by atoms with Gasteiger partial charge < -0.3 is 9.73 Å². The second-order valence-electron chi connectivity index (χ2n) is 8.06. The van der Waals surface area contributed by atoms with E-state index in [1.165, 1.54) is 36.6 Å². The lowest BCUT2D eigenvalue weighted by Gasteiger charge is -2.10. The lowest BCUT2D eigenvalue weighted by molar-refractivity contribution is 0.0998. The molecule has 0 fully saturated rings. The van der Waals surface area contributed by atoms with Crippen LogP contribution in [-0.2, 0) is 19.1 Å². The van der Waals surface area contributed by atoms with E-state index < -0.39 is 25.0 Å². The minimum atomic E-state index is -3.82. The van der Waals surface area contributed by atoms with Gasteiger partial charge in [-0.1, -0.05) is 62.4 Å². The first-order valence-electron chi connectivity index (χ1n) is 11.0. The molecule has 0 saturated carbocycles. The van der Waals surface area contributed by atoms with Crippen molar-refractivity contribution in [2.75, 3.05) is 10.0 Å². The van der Waals surface area contributed by atoms with Gasteiger partial charge in [0.25, 0.3) is 25.0 Å². The quantitative estimate of drug-likeness (QED) is 0.264. The minimum absolute atomic E-state index is 0.0788. The Bertz CT molecular complexity index is 1540. The summed E-state index contributed by atoms with van der Waals surface area (Å²) in [6.45, 7) is 4.17. The summed E-state index contributed by atoms with van der Waals surface area (Å²) in [5, 5.41) is 2.71. The lowest BCUT2D eigenvalue weighted by Crippen LogP contribution is -2.17. The molecule has 37 heavy (non-hydrogen) atoms. The molecule has 4 rings (SSSR count). The van der Waals surface area contributed by atoms with Gasteiger partial charge >= 0.3 is 0 Å². The van der Waals surface area contributed by atoms with Crippen LogP contribution in [0.3, 0.4) is 0 Å².